The summed E-state index contributed by atoms with van der Waals surface area (Å²) in [7, 11) is -4.53. The number of aliphatic hydroxyl groups is 1. The number of hydrogen-bond acceptors (Lipinski definition) is 4. The second-order valence-corrected chi connectivity index (χ2v) is 4.77. The van der Waals surface area contributed by atoms with Gasteiger partial charge in [0.25, 0.3) is 10.1 Å². The van der Waals surface area contributed by atoms with Crippen molar-refractivity contribution in [1.29, 1.82) is 0 Å². The maximum atomic E-state index is 10.7. The first-order valence-electron chi connectivity index (χ1n) is 4.48. The highest BCUT2D eigenvalue weighted by Gasteiger charge is 2.23. The quantitative estimate of drug-likeness (QED) is 0.766. The maximum absolute atomic E-state index is 10.7. The van der Waals surface area contributed by atoms with Crippen molar-refractivity contribution in [2.75, 3.05) is 0 Å². The van der Waals surface area contributed by atoms with E-state index in [-0.39, 0.29) is 5.69 Å². The Kier molecular flexibility index (Phi) is 2.63. The van der Waals surface area contributed by atoms with Crippen molar-refractivity contribution in [2.24, 2.45) is 0 Å². The zero-order valence-electron chi connectivity index (χ0n) is 8.11. The van der Waals surface area contributed by atoms with Gasteiger partial charge < -0.3 is 5.11 Å². The molecule has 6 heteroatoms. The van der Waals surface area contributed by atoms with Crippen LogP contribution in [0.25, 0.3) is 10.9 Å². The number of rotatable bonds is 2. The topological polar surface area (TPSA) is 87.5 Å². The van der Waals surface area contributed by atoms with Crippen molar-refractivity contribution in [3.63, 3.8) is 0 Å². The van der Waals surface area contributed by atoms with E-state index in [0.717, 1.165) is 5.39 Å². The van der Waals surface area contributed by atoms with Crippen LogP contribution in [0.2, 0.25) is 0 Å². The van der Waals surface area contributed by atoms with E-state index in [4.69, 9.17) is 4.55 Å². The van der Waals surface area contributed by atoms with Crippen molar-refractivity contribution in [2.45, 2.75) is 5.44 Å². The monoisotopic (exact) mass is 239 g/mol. The van der Waals surface area contributed by atoms with E-state index in [9.17, 15) is 13.5 Å². The second kappa shape index (κ2) is 3.82. The molecular formula is C10H9NO4S. The van der Waals surface area contributed by atoms with Gasteiger partial charge in [-0.2, -0.15) is 8.42 Å². The van der Waals surface area contributed by atoms with E-state index in [1.165, 1.54) is 6.07 Å². The van der Waals surface area contributed by atoms with Gasteiger partial charge in [-0.25, -0.2) is 4.98 Å². The molecule has 1 aromatic heterocycles. The Morgan fingerprint density at radius 3 is 2.50 bits per heavy atom. The first kappa shape index (κ1) is 11.0. The molecule has 0 aliphatic heterocycles. The van der Waals surface area contributed by atoms with Gasteiger partial charge in [-0.15, -0.1) is 0 Å². The molecule has 5 nitrogen and oxygen atoms in total. The lowest BCUT2D eigenvalue weighted by atomic mass is 10.2. The molecule has 2 N–H and O–H groups in total. The van der Waals surface area contributed by atoms with E-state index in [1.807, 2.05) is 12.1 Å². The first-order chi connectivity index (χ1) is 7.48. The van der Waals surface area contributed by atoms with Gasteiger partial charge >= 0.3 is 0 Å². The van der Waals surface area contributed by atoms with Gasteiger partial charge in [0.15, 0.2) is 0 Å². The van der Waals surface area contributed by atoms with Gasteiger partial charge in [0.2, 0.25) is 5.44 Å². The maximum Gasteiger partial charge on any atom is 0.298 e. The Balaban J connectivity index is 2.55. The Bertz CT molecular complexity index is 624. The average Bonchev–Trinajstić information content (AvgIpc) is 2.26. The van der Waals surface area contributed by atoms with Crippen molar-refractivity contribution in [1.82, 2.24) is 4.98 Å². The number of aromatic nitrogens is 1. The molecule has 1 aromatic carbocycles. The largest absolute Gasteiger partial charge is 0.370 e. The molecule has 1 heterocycles. The number of fused-ring (bicyclic) bond motifs is 1. The van der Waals surface area contributed by atoms with Crippen molar-refractivity contribution >= 4 is 21.0 Å². The molecule has 2 aromatic rings. The summed E-state index contributed by atoms with van der Waals surface area (Å²) in [5.41, 5.74) is -1.54. The molecule has 84 valence electrons. The lowest BCUT2D eigenvalue weighted by molar-refractivity contribution is 0.234. The molecule has 0 saturated heterocycles. The highest BCUT2D eigenvalue weighted by atomic mass is 32.2. The Morgan fingerprint density at radius 1 is 1.12 bits per heavy atom. The van der Waals surface area contributed by atoms with Gasteiger partial charge in [-0.3, -0.25) is 4.55 Å². The lowest BCUT2D eigenvalue weighted by Gasteiger charge is -2.07. The van der Waals surface area contributed by atoms with E-state index in [1.54, 1.807) is 18.2 Å². The molecule has 0 spiro atoms. The number of nitrogens with zero attached hydrogens (tertiary/aromatic N) is 1. The number of hydrogen-bond donors (Lipinski definition) is 2. The van der Waals surface area contributed by atoms with E-state index >= 15 is 0 Å². The minimum atomic E-state index is -4.53. The van der Waals surface area contributed by atoms with Gasteiger partial charge in [0.1, 0.15) is 0 Å². The molecule has 0 saturated carbocycles. The fourth-order valence-electron chi connectivity index (χ4n) is 1.37. The predicted octanol–water partition coefficient (Wildman–Crippen LogP) is 1.11. The van der Waals surface area contributed by atoms with Crippen LogP contribution < -0.4 is 0 Å². The fourth-order valence-corrected chi connectivity index (χ4v) is 1.81. The number of para-hydroxylation sites is 1. The molecule has 0 amide bonds. The normalized spacial score (nSPS) is 13.9. The summed E-state index contributed by atoms with van der Waals surface area (Å²) < 4.78 is 30.2. The number of pyridine rings is 1. The summed E-state index contributed by atoms with van der Waals surface area (Å²) in [5.74, 6) is 0. The molecule has 0 aliphatic carbocycles. The molecule has 16 heavy (non-hydrogen) atoms. The Morgan fingerprint density at radius 2 is 1.81 bits per heavy atom. The molecule has 0 aliphatic rings. The molecule has 1 unspecified atom stereocenters. The summed E-state index contributed by atoms with van der Waals surface area (Å²) >= 11 is 0. The lowest BCUT2D eigenvalue weighted by Crippen LogP contribution is -2.12. The fraction of sp³-hybridized carbons (Fsp3) is 0.100. The minimum absolute atomic E-state index is 0.0961. The van der Waals surface area contributed by atoms with Crippen LogP contribution in [0.1, 0.15) is 11.1 Å². The molecular weight excluding hydrogens is 230 g/mol. The van der Waals surface area contributed by atoms with E-state index in [2.05, 4.69) is 4.98 Å². The first-order valence-corrected chi connectivity index (χ1v) is 5.99. The van der Waals surface area contributed by atoms with E-state index in [0.29, 0.717) is 5.52 Å². The summed E-state index contributed by atoms with van der Waals surface area (Å²) in [4.78, 5) is 3.95. The van der Waals surface area contributed by atoms with Crippen molar-refractivity contribution in [3.05, 3.63) is 42.1 Å². The average molecular weight is 239 g/mol. The number of benzene rings is 1. The molecule has 1 atom stereocenters. The summed E-state index contributed by atoms with van der Waals surface area (Å²) in [5, 5.41) is 10.1. The molecule has 0 radical (unpaired) electrons. The van der Waals surface area contributed by atoms with Crippen LogP contribution in [0.15, 0.2) is 36.4 Å². The third-order valence-corrected chi connectivity index (χ3v) is 2.96. The second-order valence-electron chi connectivity index (χ2n) is 3.30. The van der Waals surface area contributed by atoms with Crippen LogP contribution in [0.5, 0.6) is 0 Å². The van der Waals surface area contributed by atoms with Crippen LogP contribution in [-0.4, -0.2) is 23.1 Å². The Labute approximate surface area is 92.1 Å². The van der Waals surface area contributed by atoms with E-state index < -0.39 is 15.6 Å². The third-order valence-electron chi connectivity index (χ3n) is 2.16. The SMILES string of the molecule is O=S(=O)(O)C(O)c1ccc2ccccc2n1. The predicted molar refractivity (Wildman–Crippen MR) is 58.3 cm³/mol. The zero-order chi connectivity index (χ0) is 11.8. The molecule has 0 bridgehead atoms. The molecule has 0 fully saturated rings. The summed E-state index contributed by atoms with van der Waals surface area (Å²) in [6, 6.07) is 10.1. The van der Waals surface area contributed by atoms with Crippen LogP contribution in [0, 0.1) is 0 Å². The van der Waals surface area contributed by atoms with Crippen molar-refractivity contribution < 1.29 is 18.1 Å². The van der Waals surface area contributed by atoms with Crippen LogP contribution in [-0.2, 0) is 10.1 Å². The Hall–Kier alpha value is -1.50. The number of aliphatic hydroxyl groups excluding tert-OH is 1. The van der Waals surface area contributed by atoms with Crippen LogP contribution in [0.4, 0.5) is 0 Å². The van der Waals surface area contributed by atoms with Crippen molar-refractivity contribution in [3.8, 4) is 0 Å². The van der Waals surface area contributed by atoms with Gasteiger partial charge in [0, 0.05) is 5.39 Å². The van der Waals surface area contributed by atoms with Crippen LogP contribution >= 0.6 is 0 Å². The standard InChI is InChI=1S/C10H9NO4S/c12-10(16(13,14)15)9-6-5-7-3-1-2-4-8(7)11-9/h1-6,10,12H,(H,13,14,15). The van der Waals surface area contributed by atoms with Gasteiger partial charge in [-0.1, -0.05) is 24.3 Å². The summed E-state index contributed by atoms with van der Waals surface area (Å²) in [6.07, 6.45) is 0. The molecule has 2 rings (SSSR count). The van der Waals surface area contributed by atoms with Crippen LogP contribution in [0.3, 0.4) is 0 Å². The summed E-state index contributed by atoms with van der Waals surface area (Å²) in [6.45, 7) is 0. The smallest absolute Gasteiger partial charge is 0.298 e. The third kappa shape index (κ3) is 2.04. The minimum Gasteiger partial charge on any atom is -0.370 e. The highest BCUT2D eigenvalue weighted by molar-refractivity contribution is 7.85. The highest BCUT2D eigenvalue weighted by Crippen LogP contribution is 2.19. The van der Waals surface area contributed by atoms with Gasteiger partial charge in [-0.05, 0) is 12.1 Å². The zero-order valence-corrected chi connectivity index (χ0v) is 8.92. The van der Waals surface area contributed by atoms with Gasteiger partial charge in [0.05, 0.1) is 11.2 Å².